The summed E-state index contributed by atoms with van der Waals surface area (Å²) in [6, 6.07) is 17.5. The molecule has 144 valence electrons. The molecule has 3 aromatic rings. The second kappa shape index (κ2) is 9.19. The molecule has 3 rings (SSSR count). The van der Waals surface area contributed by atoms with Gasteiger partial charge in [0.2, 0.25) is 0 Å². The molecule has 0 saturated heterocycles. The van der Waals surface area contributed by atoms with Gasteiger partial charge >= 0.3 is 0 Å². The van der Waals surface area contributed by atoms with E-state index in [1.165, 1.54) is 10.7 Å². The topological polar surface area (TPSA) is 73.2 Å². The number of carbonyl (C=O) groups is 1. The summed E-state index contributed by atoms with van der Waals surface area (Å²) in [5.41, 5.74) is 1.70. The Kier molecular flexibility index (Phi) is 6.45. The minimum absolute atomic E-state index is 0.235. The first-order chi connectivity index (χ1) is 13.6. The van der Waals surface area contributed by atoms with Crippen LogP contribution in [0.15, 0.2) is 65.5 Å². The van der Waals surface area contributed by atoms with Gasteiger partial charge in [-0.2, -0.15) is 5.10 Å². The summed E-state index contributed by atoms with van der Waals surface area (Å²) in [5.74, 6) is 0.489. The number of ether oxygens (including phenoxy) is 1. The third kappa shape index (κ3) is 4.78. The molecule has 1 aromatic heterocycles. The maximum atomic E-state index is 12.2. The van der Waals surface area contributed by atoms with Crippen LogP contribution in [0.3, 0.4) is 0 Å². The summed E-state index contributed by atoms with van der Waals surface area (Å²) in [7, 11) is 0. The fourth-order valence-electron chi connectivity index (χ4n) is 2.67. The van der Waals surface area contributed by atoms with Gasteiger partial charge in [0, 0.05) is 18.2 Å². The van der Waals surface area contributed by atoms with Gasteiger partial charge < -0.3 is 10.1 Å². The zero-order chi connectivity index (χ0) is 19.9. The predicted octanol–water partition coefficient (Wildman–Crippen LogP) is 3.39. The van der Waals surface area contributed by atoms with Crippen LogP contribution >= 0.6 is 11.6 Å². The van der Waals surface area contributed by atoms with Gasteiger partial charge in [-0.15, -0.1) is 0 Å². The molecule has 0 bridgehead atoms. The summed E-state index contributed by atoms with van der Waals surface area (Å²) in [5, 5.41) is 7.53. The smallest absolute Gasteiger partial charge is 0.266 e. The fraction of sp³-hybridized carbons (Fsp3) is 0.190. The Hall–Kier alpha value is -3.12. The molecule has 0 aliphatic rings. The van der Waals surface area contributed by atoms with E-state index in [4.69, 9.17) is 16.3 Å². The lowest BCUT2D eigenvalue weighted by Gasteiger charge is -2.10. The van der Waals surface area contributed by atoms with Gasteiger partial charge in [-0.25, -0.2) is 4.68 Å². The molecule has 0 aliphatic heterocycles. The fourth-order valence-corrected chi connectivity index (χ4v) is 2.89. The highest BCUT2D eigenvalue weighted by Gasteiger charge is 2.09. The molecule has 2 aromatic carbocycles. The number of rotatable bonds is 7. The average Bonchev–Trinajstić information content (AvgIpc) is 2.70. The van der Waals surface area contributed by atoms with Gasteiger partial charge in [-0.3, -0.25) is 9.59 Å². The van der Waals surface area contributed by atoms with Crippen molar-refractivity contribution in [1.82, 2.24) is 15.1 Å². The van der Waals surface area contributed by atoms with E-state index in [9.17, 15) is 9.59 Å². The highest BCUT2D eigenvalue weighted by atomic mass is 35.5. The Morgan fingerprint density at radius 1 is 1.11 bits per heavy atom. The first kappa shape index (κ1) is 19.6. The molecule has 28 heavy (non-hydrogen) atoms. The minimum Gasteiger partial charge on any atom is -0.494 e. The van der Waals surface area contributed by atoms with E-state index in [2.05, 4.69) is 10.4 Å². The monoisotopic (exact) mass is 397 g/mol. The summed E-state index contributed by atoms with van der Waals surface area (Å²) in [6.07, 6.45) is 0. The summed E-state index contributed by atoms with van der Waals surface area (Å²) >= 11 is 6.02. The molecular formula is C21H20ClN3O3. The molecule has 1 amide bonds. The lowest BCUT2D eigenvalue weighted by molar-refractivity contribution is 0.0952. The van der Waals surface area contributed by atoms with Crippen LogP contribution in [0, 0.1) is 0 Å². The minimum atomic E-state index is -0.290. The molecule has 0 radical (unpaired) electrons. The molecule has 0 fully saturated rings. The lowest BCUT2D eigenvalue weighted by Crippen LogP contribution is -2.32. The summed E-state index contributed by atoms with van der Waals surface area (Å²) in [4.78, 5) is 24.3. The largest absolute Gasteiger partial charge is 0.494 e. The first-order valence-corrected chi connectivity index (χ1v) is 9.30. The van der Waals surface area contributed by atoms with Crippen LogP contribution in [0.5, 0.6) is 5.75 Å². The van der Waals surface area contributed by atoms with Crippen molar-refractivity contribution in [3.05, 3.63) is 81.6 Å². The van der Waals surface area contributed by atoms with Gasteiger partial charge in [0.25, 0.3) is 11.5 Å². The Balaban J connectivity index is 1.67. The molecular weight excluding hydrogens is 378 g/mol. The van der Waals surface area contributed by atoms with Crippen molar-refractivity contribution < 1.29 is 9.53 Å². The molecule has 0 atom stereocenters. The van der Waals surface area contributed by atoms with Crippen LogP contribution in [0.25, 0.3) is 11.3 Å². The van der Waals surface area contributed by atoms with Crippen LogP contribution in [0.1, 0.15) is 17.3 Å². The zero-order valence-corrected chi connectivity index (χ0v) is 16.1. The number of aromatic nitrogens is 2. The standard InChI is InChI=1S/C21H20ClN3O3/c1-2-28-16-9-7-15(8-10-16)19-11-12-20(26)25(24-19)14-13-23-21(27)17-5-3-4-6-18(17)22/h3-12H,2,13-14H2,1H3,(H,23,27). The van der Waals surface area contributed by atoms with Gasteiger partial charge in [-0.05, 0) is 49.4 Å². The number of hydrogen-bond acceptors (Lipinski definition) is 4. The zero-order valence-electron chi connectivity index (χ0n) is 15.4. The Labute approximate surface area is 167 Å². The number of carbonyl (C=O) groups excluding carboxylic acids is 1. The van der Waals surface area contributed by atoms with Crippen molar-refractivity contribution in [3.63, 3.8) is 0 Å². The van der Waals surface area contributed by atoms with Crippen molar-refractivity contribution in [2.75, 3.05) is 13.2 Å². The summed E-state index contributed by atoms with van der Waals surface area (Å²) in [6.45, 7) is 3.03. The van der Waals surface area contributed by atoms with E-state index >= 15 is 0 Å². The van der Waals surface area contributed by atoms with Gasteiger partial charge in [-0.1, -0.05) is 23.7 Å². The van der Waals surface area contributed by atoms with Crippen LogP contribution in [-0.2, 0) is 6.54 Å². The third-order valence-electron chi connectivity index (χ3n) is 4.06. The lowest BCUT2D eigenvalue weighted by atomic mass is 10.1. The van der Waals surface area contributed by atoms with Crippen LogP contribution in [-0.4, -0.2) is 28.8 Å². The predicted molar refractivity (Wildman–Crippen MR) is 109 cm³/mol. The number of nitrogens with one attached hydrogen (secondary N) is 1. The van der Waals surface area contributed by atoms with Crippen molar-refractivity contribution in [3.8, 4) is 17.0 Å². The Morgan fingerprint density at radius 3 is 2.57 bits per heavy atom. The maximum Gasteiger partial charge on any atom is 0.266 e. The Morgan fingerprint density at radius 2 is 1.86 bits per heavy atom. The second-order valence-corrected chi connectivity index (χ2v) is 6.38. The number of amides is 1. The van der Waals surface area contributed by atoms with E-state index in [-0.39, 0.29) is 24.6 Å². The van der Waals surface area contributed by atoms with Crippen LogP contribution in [0.2, 0.25) is 5.02 Å². The quantitative estimate of drug-likeness (QED) is 0.663. The van der Waals surface area contributed by atoms with Crippen molar-refractivity contribution >= 4 is 17.5 Å². The molecule has 7 heteroatoms. The number of halogens is 1. The van der Waals surface area contributed by atoms with Crippen LogP contribution in [0.4, 0.5) is 0 Å². The first-order valence-electron chi connectivity index (χ1n) is 8.92. The second-order valence-electron chi connectivity index (χ2n) is 5.97. The Bertz CT molecular complexity index is 1020. The van der Waals surface area contributed by atoms with E-state index in [0.29, 0.717) is 22.9 Å². The highest BCUT2D eigenvalue weighted by Crippen LogP contribution is 2.20. The molecule has 0 spiro atoms. The van der Waals surface area contributed by atoms with E-state index in [1.807, 2.05) is 31.2 Å². The maximum absolute atomic E-state index is 12.2. The van der Waals surface area contributed by atoms with Gasteiger partial charge in [0.15, 0.2) is 0 Å². The molecule has 0 saturated carbocycles. The van der Waals surface area contributed by atoms with E-state index in [1.54, 1.807) is 30.3 Å². The molecule has 1 heterocycles. The van der Waals surface area contributed by atoms with Crippen molar-refractivity contribution in [2.24, 2.45) is 0 Å². The molecule has 0 aliphatic carbocycles. The number of hydrogen-bond donors (Lipinski definition) is 1. The summed E-state index contributed by atoms with van der Waals surface area (Å²) < 4.78 is 6.77. The highest BCUT2D eigenvalue weighted by molar-refractivity contribution is 6.33. The normalized spacial score (nSPS) is 10.5. The van der Waals surface area contributed by atoms with Gasteiger partial charge in [0.05, 0.1) is 29.4 Å². The molecule has 0 unspecified atom stereocenters. The number of benzene rings is 2. The average molecular weight is 398 g/mol. The SMILES string of the molecule is CCOc1ccc(-c2ccc(=O)n(CCNC(=O)c3ccccc3Cl)n2)cc1. The third-order valence-corrected chi connectivity index (χ3v) is 4.38. The van der Waals surface area contributed by atoms with Crippen molar-refractivity contribution in [2.45, 2.75) is 13.5 Å². The van der Waals surface area contributed by atoms with Crippen LogP contribution < -0.4 is 15.6 Å². The van der Waals surface area contributed by atoms with E-state index in [0.717, 1.165) is 11.3 Å². The molecule has 6 nitrogen and oxygen atoms in total. The van der Waals surface area contributed by atoms with Crippen molar-refractivity contribution in [1.29, 1.82) is 0 Å². The van der Waals surface area contributed by atoms with E-state index < -0.39 is 0 Å². The number of nitrogens with zero attached hydrogens (tertiary/aromatic N) is 2. The van der Waals surface area contributed by atoms with Gasteiger partial charge in [0.1, 0.15) is 5.75 Å². The molecule has 1 N–H and O–H groups in total.